The van der Waals surface area contributed by atoms with E-state index in [9.17, 15) is 10.1 Å². The Hall–Kier alpha value is -3.19. The van der Waals surface area contributed by atoms with E-state index in [0.29, 0.717) is 17.6 Å². The second-order valence-electron chi connectivity index (χ2n) is 6.12. The SMILES string of the molecule is [CH2]C1=C(CCc2cccc(OC)c2)C=C(c2ccncc2)C(C#N)C1=O. The zero-order valence-electron chi connectivity index (χ0n) is 14.6. The molecule has 0 N–H and O–H groups in total. The molecule has 0 saturated carbocycles. The van der Waals surface area contributed by atoms with Crippen LogP contribution in [-0.2, 0) is 11.2 Å². The number of nitrogens with zero attached hydrogens (tertiary/aromatic N) is 2. The molecule has 0 spiro atoms. The second-order valence-corrected chi connectivity index (χ2v) is 6.12. The summed E-state index contributed by atoms with van der Waals surface area (Å²) in [4.78, 5) is 16.6. The number of ether oxygens (including phenoxy) is 1. The molecule has 3 rings (SSSR count). The predicted octanol–water partition coefficient (Wildman–Crippen LogP) is 3.96. The van der Waals surface area contributed by atoms with Gasteiger partial charge < -0.3 is 4.74 Å². The quantitative estimate of drug-likeness (QED) is 0.824. The third kappa shape index (κ3) is 3.57. The van der Waals surface area contributed by atoms with Crippen LogP contribution < -0.4 is 4.74 Å². The Bertz CT molecular complexity index is 921. The lowest BCUT2D eigenvalue weighted by atomic mass is 9.79. The highest BCUT2D eigenvalue weighted by molar-refractivity contribution is 6.10. The number of carbonyl (C=O) groups excluding carboxylic acids is 1. The van der Waals surface area contributed by atoms with Crippen molar-refractivity contribution in [3.63, 3.8) is 0 Å². The maximum absolute atomic E-state index is 12.6. The molecule has 4 nitrogen and oxygen atoms in total. The van der Waals surface area contributed by atoms with Crippen molar-refractivity contribution < 1.29 is 9.53 Å². The number of Topliss-reactive ketones (excluding diaryl/α,β-unsaturated/α-hetero) is 1. The molecule has 1 aliphatic rings. The van der Waals surface area contributed by atoms with Crippen LogP contribution in [0.25, 0.3) is 5.57 Å². The molecule has 0 aliphatic heterocycles. The molecule has 0 amide bonds. The van der Waals surface area contributed by atoms with Gasteiger partial charge in [0.2, 0.25) is 0 Å². The van der Waals surface area contributed by atoms with Crippen LogP contribution in [0, 0.1) is 24.2 Å². The molecule has 0 saturated heterocycles. The summed E-state index contributed by atoms with van der Waals surface area (Å²) in [6, 6.07) is 13.6. The number of ketones is 1. The van der Waals surface area contributed by atoms with E-state index in [4.69, 9.17) is 4.74 Å². The fourth-order valence-corrected chi connectivity index (χ4v) is 3.08. The van der Waals surface area contributed by atoms with Crippen molar-refractivity contribution in [2.45, 2.75) is 12.8 Å². The molecule has 1 aromatic heterocycles. The number of carbonyl (C=O) groups is 1. The number of rotatable bonds is 5. The molecule has 4 heteroatoms. The molecular formula is C22H19N2O2. The lowest BCUT2D eigenvalue weighted by molar-refractivity contribution is -0.116. The van der Waals surface area contributed by atoms with Gasteiger partial charge in [0.05, 0.1) is 13.2 Å². The lowest BCUT2D eigenvalue weighted by Crippen LogP contribution is -2.21. The number of methoxy groups -OCH3 is 1. The smallest absolute Gasteiger partial charge is 0.180 e. The highest BCUT2D eigenvalue weighted by Crippen LogP contribution is 2.34. The fourth-order valence-electron chi connectivity index (χ4n) is 3.08. The van der Waals surface area contributed by atoms with Gasteiger partial charge in [-0.25, -0.2) is 0 Å². The van der Waals surface area contributed by atoms with Crippen molar-refractivity contribution in [1.82, 2.24) is 4.98 Å². The van der Waals surface area contributed by atoms with Gasteiger partial charge in [-0.05, 0) is 66.3 Å². The number of aromatic nitrogens is 1. The average molecular weight is 343 g/mol. The summed E-state index contributed by atoms with van der Waals surface area (Å²) in [6.07, 6.45) is 6.69. The highest BCUT2D eigenvalue weighted by atomic mass is 16.5. The lowest BCUT2D eigenvalue weighted by Gasteiger charge is -2.21. The van der Waals surface area contributed by atoms with Crippen LogP contribution in [0.2, 0.25) is 0 Å². The van der Waals surface area contributed by atoms with Crippen LogP contribution in [0.3, 0.4) is 0 Å². The molecule has 1 radical (unpaired) electrons. The Labute approximate surface area is 153 Å². The van der Waals surface area contributed by atoms with Gasteiger partial charge >= 0.3 is 0 Å². The number of nitriles is 1. The van der Waals surface area contributed by atoms with Crippen LogP contribution in [0.4, 0.5) is 0 Å². The fraction of sp³-hybridized carbons (Fsp3) is 0.182. The summed E-state index contributed by atoms with van der Waals surface area (Å²) in [7, 11) is 1.64. The normalized spacial score (nSPS) is 16.9. The number of allylic oxidation sites excluding steroid dienone is 4. The van der Waals surface area contributed by atoms with Gasteiger partial charge in [0.25, 0.3) is 0 Å². The minimum absolute atomic E-state index is 0.220. The van der Waals surface area contributed by atoms with Crippen LogP contribution >= 0.6 is 0 Å². The maximum atomic E-state index is 12.6. The van der Waals surface area contributed by atoms with E-state index >= 15 is 0 Å². The standard InChI is InChI=1S/C22H19N2O2/c1-15-18(7-6-16-4-3-5-19(12-16)26-2)13-20(21(14-23)22(15)25)17-8-10-24-11-9-17/h3-5,8-13,21H,1,6-7H2,2H3. The molecule has 1 aliphatic carbocycles. The molecule has 26 heavy (non-hydrogen) atoms. The molecule has 0 fully saturated rings. The van der Waals surface area contributed by atoms with E-state index in [1.807, 2.05) is 42.5 Å². The third-order valence-corrected chi connectivity index (χ3v) is 4.55. The molecular weight excluding hydrogens is 324 g/mol. The van der Waals surface area contributed by atoms with E-state index in [-0.39, 0.29) is 5.78 Å². The van der Waals surface area contributed by atoms with Crippen LogP contribution in [0.5, 0.6) is 5.75 Å². The number of pyridine rings is 1. The monoisotopic (exact) mass is 343 g/mol. The molecule has 1 unspecified atom stereocenters. The van der Waals surface area contributed by atoms with Gasteiger partial charge in [-0.15, -0.1) is 0 Å². The predicted molar refractivity (Wildman–Crippen MR) is 100 cm³/mol. The van der Waals surface area contributed by atoms with Crippen molar-refractivity contribution in [2.24, 2.45) is 5.92 Å². The minimum atomic E-state index is -0.814. The first-order valence-corrected chi connectivity index (χ1v) is 8.38. The van der Waals surface area contributed by atoms with Gasteiger partial charge in [-0.1, -0.05) is 18.2 Å². The Kier molecular flexibility index (Phi) is 5.28. The third-order valence-electron chi connectivity index (χ3n) is 4.55. The van der Waals surface area contributed by atoms with Gasteiger partial charge in [0.15, 0.2) is 5.78 Å². The molecule has 1 heterocycles. The zero-order valence-corrected chi connectivity index (χ0v) is 14.6. The van der Waals surface area contributed by atoms with Gasteiger partial charge in [0, 0.05) is 18.0 Å². The van der Waals surface area contributed by atoms with Gasteiger partial charge in [-0.2, -0.15) is 5.26 Å². The first-order chi connectivity index (χ1) is 12.6. The Balaban J connectivity index is 1.90. The summed E-state index contributed by atoms with van der Waals surface area (Å²) < 4.78 is 5.26. The van der Waals surface area contributed by atoms with E-state index in [0.717, 1.165) is 28.9 Å². The van der Waals surface area contributed by atoms with E-state index in [1.165, 1.54) is 0 Å². The van der Waals surface area contributed by atoms with Crippen molar-refractivity contribution in [1.29, 1.82) is 5.26 Å². The summed E-state index contributed by atoms with van der Waals surface area (Å²) in [5, 5.41) is 9.47. The average Bonchev–Trinajstić information content (AvgIpc) is 2.69. The molecule has 129 valence electrons. The largest absolute Gasteiger partial charge is 0.497 e. The highest BCUT2D eigenvalue weighted by Gasteiger charge is 2.30. The summed E-state index contributed by atoms with van der Waals surface area (Å²) in [6.45, 7) is 3.93. The van der Waals surface area contributed by atoms with E-state index in [2.05, 4.69) is 18.0 Å². The first kappa shape index (κ1) is 17.6. The summed E-state index contributed by atoms with van der Waals surface area (Å²) in [5.41, 5.74) is 3.98. The summed E-state index contributed by atoms with van der Waals surface area (Å²) in [5.74, 6) is -0.225. The molecule has 1 aromatic carbocycles. The van der Waals surface area contributed by atoms with Crippen LogP contribution in [0.1, 0.15) is 17.5 Å². The topological polar surface area (TPSA) is 63.0 Å². The number of aryl methyl sites for hydroxylation is 1. The molecule has 1 atom stereocenters. The van der Waals surface area contributed by atoms with Crippen molar-refractivity contribution in [3.05, 3.63) is 84.1 Å². The first-order valence-electron chi connectivity index (χ1n) is 8.38. The van der Waals surface area contributed by atoms with E-state index < -0.39 is 5.92 Å². The Morgan fingerprint density at radius 3 is 2.69 bits per heavy atom. The number of hydrogen-bond donors (Lipinski definition) is 0. The second kappa shape index (κ2) is 7.79. The van der Waals surface area contributed by atoms with Gasteiger partial charge in [0.1, 0.15) is 11.7 Å². The molecule has 2 aromatic rings. The number of hydrogen-bond acceptors (Lipinski definition) is 4. The van der Waals surface area contributed by atoms with Gasteiger partial charge in [-0.3, -0.25) is 9.78 Å². The van der Waals surface area contributed by atoms with Crippen LogP contribution in [0.15, 0.2) is 66.0 Å². The Morgan fingerprint density at radius 2 is 2.00 bits per heavy atom. The van der Waals surface area contributed by atoms with Crippen molar-refractivity contribution in [2.75, 3.05) is 7.11 Å². The van der Waals surface area contributed by atoms with Crippen molar-refractivity contribution >= 4 is 11.4 Å². The number of benzene rings is 1. The van der Waals surface area contributed by atoms with Crippen LogP contribution in [-0.4, -0.2) is 17.9 Å². The Morgan fingerprint density at radius 1 is 1.23 bits per heavy atom. The summed E-state index contributed by atoms with van der Waals surface area (Å²) >= 11 is 0. The maximum Gasteiger partial charge on any atom is 0.180 e. The van der Waals surface area contributed by atoms with Crippen molar-refractivity contribution in [3.8, 4) is 11.8 Å². The zero-order chi connectivity index (χ0) is 18.5. The van der Waals surface area contributed by atoms with E-state index in [1.54, 1.807) is 19.5 Å². The minimum Gasteiger partial charge on any atom is -0.497 e. The molecule has 0 bridgehead atoms.